The molecule has 0 unspecified atom stereocenters. The van der Waals surface area contributed by atoms with Crippen LogP contribution in [0.4, 0.5) is 0 Å². The lowest BCUT2D eigenvalue weighted by atomic mass is 10.1. The third kappa shape index (κ3) is 3.90. The number of aromatic nitrogens is 2. The molecule has 5 heteroatoms. The molecule has 0 radical (unpaired) electrons. The van der Waals surface area contributed by atoms with E-state index in [0.29, 0.717) is 11.8 Å². The van der Waals surface area contributed by atoms with Crippen molar-refractivity contribution in [2.45, 2.75) is 39.7 Å². The van der Waals surface area contributed by atoms with Gasteiger partial charge >= 0.3 is 0 Å². The number of rotatable bonds is 4. The first-order valence-corrected chi connectivity index (χ1v) is 7.49. The molecule has 0 fully saturated rings. The zero-order valence-electron chi connectivity index (χ0n) is 12.3. The highest BCUT2D eigenvalue weighted by atomic mass is 79.9. The summed E-state index contributed by atoms with van der Waals surface area (Å²) >= 11 is 3.51. The van der Waals surface area contributed by atoms with Crippen LogP contribution in [0.3, 0.4) is 0 Å². The van der Waals surface area contributed by atoms with Gasteiger partial charge in [-0.1, -0.05) is 22.0 Å². The zero-order chi connectivity index (χ0) is 14.8. The first-order valence-electron chi connectivity index (χ1n) is 6.70. The van der Waals surface area contributed by atoms with Crippen LogP contribution in [-0.4, -0.2) is 22.3 Å². The fourth-order valence-corrected chi connectivity index (χ4v) is 2.21. The molecule has 0 aliphatic rings. The van der Waals surface area contributed by atoms with Gasteiger partial charge < -0.3 is 9.73 Å². The van der Waals surface area contributed by atoms with Crippen LogP contribution in [-0.2, 0) is 6.42 Å². The SMILES string of the molecule is Cc1c(Br)cccc1-c1nnc(CCNC(C)(C)C)o1. The van der Waals surface area contributed by atoms with Gasteiger partial charge in [0.2, 0.25) is 11.8 Å². The summed E-state index contributed by atoms with van der Waals surface area (Å²) in [6, 6.07) is 5.96. The van der Waals surface area contributed by atoms with Crippen LogP contribution in [0.5, 0.6) is 0 Å². The molecule has 20 heavy (non-hydrogen) atoms. The van der Waals surface area contributed by atoms with Gasteiger partial charge in [-0.3, -0.25) is 0 Å². The van der Waals surface area contributed by atoms with Crippen molar-refractivity contribution >= 4 is 15.9 Å². The second-order valence-corrected chi connectivity index (χ2v) is 6.69. The fourth-order valence-electron chi connectivity index (χ4n) is 1.85. The van der Waals surface area contributed by atoms with E-state index in [2.05, 4.69) is 52.2 Å². The van der Waals surface area contributed by atoms with Crippen molar-refractivity contribution in [2.24, 2.45) is 0 Å². The third-order valence-corrected chi connectivity index (χ3v) is 3.82. The maximum Gasteiger partial charge on any atom is 0.248 e. The van der Waals surface area contributed by atoms with E-state index < -0.39 is 0 Å². The van der Waals surface area contributed by atoms with Gasteiger partial charge in [0.25, 0.3) is 0 Å². The molecule has 0 amide bonds. The van der Waals surface area contributed by atoms with Gasteiger partial charge in [-0.15, -0.1) is 10.2 Å². The third-order valence-electron chi connectivity index (χ3n) is 2.96. The van der Waals surface area contributed by atoms with Crippen molar-refractivity contribution in [3.05, 3.63) is 34.1 Å². The highest BCUT2D eigenvalue weighted by Gasteiger charge is 2.13. The lowest BCUT2D eigenvalue weighted by Gasteiger charge is -2.19. The number of halogens is 1. The van der Waals surface area contributed by atoms with E-state index >= 15 is 0 Å². The summed E-state index contributed by atoms with van der Waals surface area (Å²) in [4.78, 5) is 0. The summed E-state index contributed by atoms with van der Waals surface area (Å²) in [5.41, 5.74) is 2.18. The molecule has 1 aromatic heterocycles. The maximum absolute atomic E-state index is 5.74. The van der Waals surface area contributed by atoms with Crippen molar-refractivity contribution in [3.63, 3.8) is 0 Å². The average Bonchev–Trinajstić information content (AvgIpc) is 2.79. The lowest BCUT2D eigenvalue weighted by molar-refractivity contribution is 0.412. The molecule has 1 heterocycles. The highest BCUT2D eigenvalue weighted by molar-refractivity contribution is 9.10. The largest absolute Gasteiger partial charge is 0.421 e. The fraction of sp³-hybridized carbons (Fsp3) is 0.467. The quantitative estimate of drug-likeness (QED) is 0.923. The first kappa shape index (κ1) is 15.2. The molecule has 4 nitrogen and oxygen atoms in total. The lowest BCUT2D eigenvalue weighted by Crippen LogP contribution is -2.37. The Bertz CT molecular complexity index is 587. The number of hydrogen-bond acceptors (Lipinski definition) is 4. The molecule has 0 saturated carbocycles. The minimum Gasteiger partial charge on any atom is -0.421 e. The summed E-state index contributed by atoms with van der Waals surface area (Å²) in [7, 11) is 0. The van der Waals surface area contributed by atoms with E-state index in [0.717, 1.165) is 28.6 Å². The van der Waals surface area contributed by atoms with Crippen molar-refractivity contribution in [2.75, 3.05) is 6.54 Å². The Kier molecular flexibility index (Phi) is 4.60. The van der Waals surface area contributed by atoms with Crippen molar-refractivity contribution in [1.82, 2.24) is 15.5 Å². The molecular weight excluding hydrogens is 318 g/mol. The van der Waals surface area contributed by atoms with Crippen LogP contribution in [0.15, 0.2) is 27.1 Å². The summed E-state index contributed by atoms with van der Waals surface area (Å²) in [5, 5.41) is 11.7. The van der Waals surface area contributed by atoms with E-state index in [4.69, 9.17) is 4.42 Å². The van der Waals surface area contributed by atoms with Crippen LogP contribution < -0.4 is 5.32 Å². The minimum atomic E-state index is 0.101. The Labute approximate surface area is 128 Å². The predicted octanol–water partition coefficient (Wildman–Crippen LogP) is 3.74. The summed E-state index contributed by atoms with van der Waals surface area (Å²) < 4.78 is 6.78. The summed E-state index contributed by atoms with van der Waals surface area (Å²) in [6.07, 6.45) is 0.733. The number of hydrogen-bond donors (Lipinski definition) is 1. The van der Waals surface area contributed by atoms with E-state index in [9.17, 15) is 0 Å². The standard InChI is InChI=1S/C15H20BrN3O/c1-10-11(6-5-7-12(10)16)14-19-18-13(20-14)8-9-17-15(2,3)4/h5-7,17H,8-9H2,1-4H3. The molecule has 1 aromatic carbocycles. The van der Waals surface area contributed by atoms with E-state index in [1.54, 1.807) is 0 Å². The second-order valence-electron chi connectivity index (χ2n) is 5.84. The minimum absolute atomic E-state index is 0.101. The van der Waals surface area contributed by atoms with Gasteiger partial charge in [0.15, 0.2) is 0 Å². The topological polar surface area (TPSA) is 51.0 Å². The molecule has 2 aromatic rings. The molecule has 0 bridgehead atoms. The first-order chi connectivity index (χ1) is 9.37. The van der Waals surface area contributed by atoms with Gasteiger partial charge in [0.05, 0.1) is 0 Å². The molecule has 1 N–H and O–H groups in total. The summed E-state index contributed by atoms with van der Waals surface area (Å²) in [6.45, 7) is 9.26. The monoisotopic (exact) mass is 337 g/mol. The molecule has 0 atom stereocenters. The van der Waals surface area contributed by atoms with Crippen molar-refractivity contribution in [3.8, 4) is 11.5 Å². The predicted molar refractivity (Wildman–Crippen MR) is 83.6 cm³/mol. The Morgan fingerprint density at radius 3 is 2.70 bits per heavy atom. The molecule has 108 valence electrons. The van der Waals surface area contributed by atoms with Crippen LogP contribution in [0, 0.1) is 6.92 Å². The molecule has 0 aliphatic carbocycles. The van der Waals surface area contributed by atoms with Gasteiger partial charge in [-0.05, 0) is 45.4 Å². The highest BCUT2D eigenvalue weighted by Crippen LogP contribution is 2.27. The van der Waals surface area contributed by atoms with E-state index in [-0.39, 0.29) is 5.54 Å². The average molecular weight is 338 g/mol. The molecule has 2 rings (SSSR count). The molecule has 0 aliphatic heterocycles. The maximum atomic E-state index is 5.74. The van der Waals surface area contributed by atoms with E-state index in [1.807, 2.05) is 25.1 Å². The van der Waals surface area contributed by atoms with Crippen LogP contribution in [0.2, 0.25) is 0 Å². The Morgan fingerprint density at radius 1 is 1.25 bits per heavy atom. The van der Waals surface area contributed by atoms with Crippen molar-refractivity contribution in [1.29, 1.82) is 0 Å². The molecular formula is C15H20BrN3O. The summed E-state index contributed by atoms with van der Waals surface area (Å²) in [5.74, 6) is 1.24. The Morgan fingerprint density at radius 2 is 2.00 bits per heavy atom. The molecule has 0 spiro atoms. The van der Waals surface area contributed by atoms with Crippen LogP contribution >= 0.6 is 15.9 Å². The Balaban J connectivity index is 2.07. The smallest absolute Gasteiger partial charge is 0.248 e. The van der Waals surface area contributed by atoms with Gasteiger partial charge in [-0.2, -0.15) is 0 Å². The normalized spacial score (nSPS) is 11.8. The van der Waals surface area contributed by atoms with Crippen LogP contribution in [0.25, 0.3) is 11.5 Å². The van der Waals surface area contributed by atoms with Gasteiger partial charge in [0, 0.05) is 28.5 Å². The number of benzene rings is 1. The van der Waals surface area contributed by atoms with Crippen molar-refractivity contribution < 1.29 is 4.42 Å². The van der Waals surface area contributed by atoms with Gasteiger partial charge in [-0.25, -0.2) is 0 Å². The van der Waals surface area contributed by atoms with Gasteiger partial charge in [0.1, 0.15) is 0 Å². The van der Waals surface area contributed by atoms with Crippen LogP contribution in [0.1, 0.15) is 32.2 Å². The molecule has 0 saturated heterocycles. The Hall–Kier alpha value is -1.20. The number of nitrogens with zero attached hydrogens (tertiary/aromatic N) is 2. The van der Waals surface area contributed by atoms with E-state index in [1.165, 1.54) is 0 Å². The zero-order valence-corrected chi connectivity index (χ0v) is 13.9. The number of nitrogens with one attached hydrogen (secondary N) is 1. The second kappa shape index (κ2) is 6.06.